The van der Waals surface area contributed by atoms with E-state index in [4.69, 9.17) is 9.73 Å². The van der Waals surface area contributed by atoms with Crippen molar-refractivity contribution in [3.05, 3.63) is 35.4 Å². The first-order valence-corrected chi connectivity index (χ1v) is 10.5. The number of hydrogen-bond acceptors (Lipinski definition) is 3. The zero-order chi connectivity index (χ0) is 20.2. The number of rotatable bonds is 10. The van der Waals surface area contributed by atoms with Crippen molar-refractivity contribution < 1.29 is 9.53 Å². The van der Waals surface area contributed by atoms with E-state index >= 15 is 0 Å². The summed E-state index contributed by atoms with van der Waals surface area (Å²) in [6.45, 7) is 8.01. The van der Waals surface area contributed by atoms with Gasteiger partial charge in [0.2, 0.25) is 0 Å². The minimum atomic E-state index is -0.0756. The third-order valence-electron chi connectivity index (χ3n) is 5.46. The molecule has 0 atom stereocenters. The molecule has 28 heavy (non-hydrogen) atoms. The Labute approximate surface area is 169 Å². The van der Waals surface area contributed by atoms with Crippen LogP contribution in [0.1, 0.15) is 61.9 Å². The molecule has 1 aromatic rings. The summed E-state index contributed by atoms with van der Waals surface area (Å²) in [5.74, 6) is 0.754. The Morgan fingerprint density at radius 1 is 1.21 bits per heavy atom. The smallest absolute Gasteiger partial charge is 0.251 e. The second-order valence-electron chi connectivity index (χ2n) is 7.48. The van der Waals surface area contributed by atoms with E-state index < -0.39 is 0 Å². The average molecular weight is 389 g/mol. The first kappa shape index (κ1) is 22.2. The molecule has 0 unspecified atom stereocenters. The van der Waals surface area contributed by atoms with Crippen molar-refractivity contribution in [2.24, 2.45) is 10.4 Å². The zero-order valence-corrected chi connectivity index (χ0v) is 17.6. The summed E-state index contributed by atoms with van der Waals surface area (Å²) < 4.78 is 5.61. The number of aliphatic imine (C=N–C) groups is 1. The summed E-state index contributed by atoms with van der Waals surface area (Å²) in [7, 11) is 1.64. The Kier molecular flexibility index (Phi) is 9.28. The molecule has 156 valence electrons. The Morgan fingerprint density at radius 2 is 2.00 bits per heavy atom. The molecule has 3 N–H and O–H groups in total. The van der Waals surface area contributed by atoms with Crippen LogP contribution in [0.2, 0.25) is 0 Å². The summed E-state index contributed by atoms with van der Waals surface area (Å²) >= 11 is 0. The first-order chi connectivity index (χ1) is 13.6. The van der Waals surface area contributed by atoms with Gasteiger partial charge < -0.3 is 20.7 Å². The maximum Gasteiger partial charge on any atom is 0.251 e. The number of nitrogens with zero attached hydrogens (tertiary/aromatic N) is 1. The van der Waals surface area contributed by atoms with Crippen molar-refractivity contribution in [3.8, 4) is 0 Å². The van der Waals surface area contributed by atoms with Crippen molar-refractivity contribution in [1.29, 1.82) is 0 Å². The van der Waals surface area contributed by atoms with Crippen LogP contribution in [0, 0.1) is 5.41 Å². The molecule has 0 radical (unpaired) electrons. The summed E-state index contributed by atoms with van der Waals surface area (Å²) in [4.78, 5) is 16.5. The van der Waals surface area contributed by atoms with E-state index in [1.807, 2.05) is 24.3 Å². The van der Waals surface area contributed by atoms with E-state index in [0.717, 1.165) is 44.2 Å². The average Bonchev–Trinajstić information content (AvgIpc) is 3.19. The normalized spacial score (nSPS) is 16.0. The van der Waals surface area contributed by atoms with Crippen molar-refractivity contribution in [2.75, 3.05) is 33.4 Å². The number of benzene rings is 1. The van der Waals surface area contributed by atoms with Crippen molar-refractivity contribution in [3.63, 3.8) is 0 Å². The van der Waals surface area contributed by atoms with Gasteiger partial charge >= 0.3 is 0 Å². The fraction of sp³-hybridized carbons (Fsp3) is 0.636. The van der Waals surface area contributed by atoms with Crippen molar-refractivity contribution in [2.45, 2.75) is 52.5 Å². The third kappa shape index (κ3) is 6.82. The standard InChI is InChI=1S/C22H36N4O2/c1-4-24-21(25-16-18-9-8-10-19(15-18)20(27)23-3)26-17-22(11-6-7-12-22)13-14-28-5-2/h8-10,15H,4-7,11-14,16-17H2,1-3H3,(H,23,27)(H2,24,25,26). The van der Waals surface area contributed by atoms with Crippen molar-refractivity contribution >= 4 is 11.9 Å². The van der Waals surface area contributed by atoms with Crippen LogP contribution < -0.4 is 16.0 Å². The molecular weight excluding hydrogens is 352 g/mol. The number of nitrogens with one attached hydrogen (secondary N) is 3. The Hall–Kier alpha value is -2.08. The molecule has 0 saturated heterocycles. The number of amides is 1. The lowest BCUT2D eigenvalue weighted by molar-refractivity contribution is 0.0963. The molecule has 0 aromatic heterocycles. The Bertz CT molecular complexity index is 639. The maximum absolute atomic E-state index is 11.8. The van der Waals surface area contributed by atoms with Crippen molar-refractivity contribution in [1.82, 2.24) is 16.0 Å². The fourth-order valence-corrected chi connectivity index (χ4v) is 3.81. The molecule has 1 amide bonds. The van der Waals surface area contributed by atoms with Gasteiger partial charge in [-0.25, -0.2) is 4.99 Å². The maximum atomic E-state index is 11.8. The zero-order valence-electron chi connectivity index (χ0n) is 17.6. The topological polar surface area (TPSA) is 74.8 Å². The Morgan fingerprint density at radius 3 is 2.68 bits per heavy atom. The lowest BCUT2D eigenvalue weighted by atomic mass is 9.83. The second-order valence-corrected chi connectivity index (χ2v) is 7.48. The summed E-state index contributed by atoms with van der Waals surface area (Å²) in [5, 5.41) is 9.55. The molecule has 1 aromatic carbocycles. The van der Waals surface area contributed by atoms with Crippen LogP contribution >= 0.6 is 0 Å². The van der Waals surface area contributed by atoms with Crippen LogP contribution in [-0.2, 0) is 11.3 Å². The minimum absolute atomic E-state index is 0.0756. The number of hydrogen-bond donors (Lipinski definition) is 3. The van der Waals surface area contributed by atoms with E-state index in [1.54, 1.807) is 7.05 Å². The molecule has 1 saturated carbocycles. The van der Waals surface area contributed by atoms with Gasteiger partial charge in [-0.05, 0) is 56.2 Å². The quantitative estimate of drug-likeness (QED) is 0.327. The van der Waals surface area contributed by atoms with E-state index in [2.05, 4.69) is 29.8 Å². The van der Waals surface area contributed by atoms with Crippen LogP contribution in [0.15, 0.2) is 29.3 Å². The molecule has 1 aliphatic carbocycles. The SMILES string of the molecule is CCNC(=NCc1cccc(C(=O)NC)c1)NCC1(CCOCC)CCCC1. The van der Waals surface area contributed by atoms with Crippen LogP contribution in [0.4, 0.5) is 0 Å². The highest BCUT2D eigenvalue weighted by atomic mass is 16.5. The van der Waals surface area contributed by atoms with Gasteiger partial charge in [-0.15, -0.1) is 0 Å². The van der Waals surface area contributed by atoms with Crippen LogP contribution in [-0.4, -0.2) is 45.2 Å². The number of ether oxygens (including phenoxy) is 1. The monoisotopic (exact) mass is 388 g/mol. The van der Waals surface area contributed by atoms with Gasteiger partial charge in [0.05, 0.1) is 6.54 Å². The lowest BCUT2D eigenvalue weighted by Crippen LogP contribution is -2.43. The molecule has 6 nitrogen and oxygen atoms in total. The molecule has 2 rings (SSSR count). The highest BCUT2D eigenvalue weighted by Crippen LogP contribution is 2.40. The molecule has 6 heteroatoms. The largest absolute Gasteiger partial charge is 0.382 e. The predicted octanol–water partition coefficient (Wildman–Crippen LogP) is 3.09. The molecule has 0 spiro atoms. The fourth-order valence-electron chi connectivity index (χ4n) is 3.81. The van der Waals surface area contributed by atoms with Gasteiger partial charge in [0, 0.05) is 38.9 Å². The molecule has 1 fully saturated rings. The van der Waals surface area contributed by atoms with E-state index in [9.17, 15) is 4.79 Å². The lowest BCUT2D eigenvalue weighted by Gasteiger charge is -2.30. The van der Waals surface area contributed by atoms with Gasteiger partial charge in [-0.3, -0.25) is 4.79 Å². The Balaban J connectivity index is 1.98. The van der Waals surface area contributed by atoms with Gasteiger partial charge in [0.25, 0.3) is 5.91 Å². The number of guanidine groups is 1. The van der Waals surface area contributed by atoms with Crippen LogP contribution in [0.5, 0.6) is 0 Å². The van der Waals surface area contributed by atoms with E-state index in [0.29, 0.717) is 17.5 Å². The van der Waals surface area contributed by atoms with Crippen LogP contribution in [0.25, 0.3) is 0 Å². The molecular formula is C22H36N4O2. The molecule has 0 aliphatic heterocycles. The second kappa shape index (κ2) is 11.7. The molecule has 0 heterocycles. The van der Waals surface area contributed by atoms with Gasteiger partial charge in [-0.1, -0.05) is 25.0 Å². The summed E-state index contributed by atoms with van der Waals surface area (Å²) in [6, 6.07) is 7.61. The van der Waals surface area contributed by atoms with E-state index in [-0.39, 0.29) is 5.91 Å². The number of carbonyl (C=O) groups excluding carboxylic acids is 1. The number of carbonyl (C=O) groups is 1. The van der Waals surface area contributed by atoms with Gasteiger partial charge in [0.1, 0.15) is 0 Å². The highest BCUT2D eigenvalue weighted by Gasteiger charge is 2.33. The van der Waals surface area contributed by atoms with Crippen LogP contribution in [0.3, 0.4) is 0 Å². The summed E-state index contributed by atoms with van der Waals surface area (Å²) in [5.41, 5.74) is 1.99. The van der Waals surface area contributed by atoms with Gasteiger partial charge in [0.15, 0.2) is 5.96 Å². The third-order valence-corrected chi connectivity index (χ3v) is 5.46. The minimum Gasteiger partial charge on any atom is -0.382 e. The predicted molar refractivity (Wildman–Crippen MR) is 115 cm³/mol. The highest BCUT2D eigenvalue weighted by molar-refractivity contribution is 5.94. The first-order valence-electron chi connectivity index (χ1n) is 10.5. The van der Waals surface area contributed by atoms with E-state index in [1.165, 1.54) is 25.7 Å². The van der Waals surface area contributed by atoms with Gasteiger partial charge in [-0.2, -0.15) is 0 Å². The summed E-state index contributed by atoms with van der Waals surface area (Å²) in [6.07, 6.45) is 6.20. The molecule has 0 bridgehead atoms. The molecule has 1 aliphatic rings.